The number of aromatic nitrogens is 1. The fourth-order valence-electron chi connectivity index (χ4n) is 1.53. The van der Waals surface area contributed by atoms with E-state index in [0.717, 1.165) is 11.3 Å². The van der Waals surface area contributed by atoms with Gasteiger partial charge in [-0.15, -0.1) is 0 Å². The Hall–Kier alpha value is -1.74. The van der Waals surface area contributed by atoms with Crippen LogP contribution in [0.25, 0.3) is 0 Å². The van der Waals surface area contributed by atoms with Gasteiger partial charge < -0.3 is 9.72 Å². The lowest BCUT2D eigenvalue weighted by atomic mass is 10.2. The molecule has 2 rings (SSSR count). The van der Waals surface area contributed by atoms with Gasteiger partial charge in [0.25, 0.3) is 0 Å². The zero-order valence-electron chi connectivity index (χ0n) is 9.37. The van der Waals surface area contributed by atoms with Crippen molar-refractivity contribution in [1.82, 2.24) is 4.98 Å². The summed E-state index contributed by atoms with van der Waals surface area (Å²) < 4.78 is 5.51. The van der Waals surface area contributed by atoms with Gasteiger partial charge in [-0.1, -0.05) is 23.7 Å². The molecule has 0 saturated carbocycles. The number of aryl methyl sites for hydroxylation is 1. The largest absolute Gasteiger partial charge is 0.483 e. The van der Waals surface area contributed by atoms with Gasteiger partial charge in [0.1, 0.15) is 6.61 Å². The molecular weight excluding hydrogens is 238 g/mol. The standard InChI is InChI=1S/C13H12ClNO2/c1-9-13(12(16)5-6-15-9)17-8-10-3-2-4-11(14)7-10/h2-7H,8H2,1H3,(H,15,16). The summed E-state index contributed by atoms with van der Waals surface area (Å²) in [5, 5.41) is 0.657. The van der Waals surface area contributed by atoms with Crippen LogP contribution < -0.4 is 10.2 Å². The van der Waals surface area contributed by atoms with E-state index in [0.29, 0.717) is 17.4 Å². The lowest BCUT2D eigenvalue weighted by Gasteiger charge is -2.07. The minimum Gasteiger partial charge on any atom is -0.483 e. The van der Waals surface area contributed by atoms with E-state index in [4.69, 9.17) is 16.3 Å². The molecule has 1 aromatic heterocycles. The third-order valence-corrected chi connectivity index (χ3v) is 2.61. The number of hydrogen-bond donors (Lipinski definition) is 1. The lowest BCUT2D eigenvalue weighted by Crippen LogP contribution is -2.09. The van der Waals surface area contributed by atoms with Gasteiger partial charge in [0.2, 0.25) is 5.43 Å². The molecule has 0 saturated heterocycles. The van der Waals surface area contributed by atoms with Crippen molar-refractivity contribution in [1.29, 1.82) is 0 Å². The fraction of sp³-hybridized carbons (Fsp3) is 0.154. The maximum absolute atomic E-state index is 11.6. The molecule has 1 N–H and O–H groups in total. The molecule has 3 nitrogen and oxygen atoms in total. The molecule has 2 aromatic rings. The summed E-state index contributed by atoms with van der Waals surface area (Å²) in [6.07, 6.45) is 1.60. The highest BCUT2D eigenvalue weighted by Gasteiger charge is 2.04. The van der Waals surface area contributed by atoms with Crippen LogP contribution in [0.3, 0.4) is 0 Å². The van der Waals surface area contributed by atoms with E-state index >= 15 is 0 Å². The topological polar surface area (TPSA) is 42.1 Å². The van der Waals surface area contributed by atoms with E-state index in [1.165, 1.54) is 6.07 Å². The number of hydrogen-bond acceptors (Lipinski definition) is 2. The molecule has 0 bridgehead atoms. The Morgan fingerprint density at radius 3 is 2.88 bits per heavy atom. The molecule has 0 aliphatic carbocycles. The summed E-state index contributed by atoms with van der Waals surface area (Å²) >= 11 is 5.87. The summed E-state index contributed by atoms with van der Waals surface area (Å²) in [6.45, 7) is 2.13. The lowest BCUT2D eigenvalue weighted by molar-refractivity contribution is 0.299. The van der Waals surface area contributed by atoms with Crippen molar-refractivity contribution in [2.24, 2.45) is 0 Å². The molecule has 1 aromatic carbocycles. The van der Waals surface area contributed by atoms with Gasteiger partial charge in [-0.3, -0.25) is 4.79 Å². The van der Waals surface area contributed by atoms with Gasteiger partial charge >= 0.3 is 0 Å². The van der Waals surface area contributed by atoms with Gasteiger partial charge in [0.15, 0.2) is 5.75 Å². The van der Waals surface area contributed by atoms with E-state index < -0.39 is 0 Å². The van der Waals surface area contributed by atoms with Crippen LogP contribution in [-0.2, 0) is 6.61 Å². The van der Waals surface area contributed by atoms with Gasteiger partial charge in [0, 0.05) is 17.3 Å². The molecule has 0 radical (unpaired) electrons. The molecule has 0 atom stereocenters. The van der Waals surface area contributed by atoms with Crippen LogP contribution in [0, 0.1) is 6.92 Å². The van der Waals surface area contributed by atoms with Crippen molar-refractivity contribution in [3.8, 4) is 5.75 Å². The maximum Gasteiger partial charge on any atom is 0.223 e. The molecule has 0 fully saturated rings. The monoisotopic (exact) mass is 249 g/mol. The van der Waals surface area contributed by atoms with Gasteiger partial charge in [-0.2, -0.15) is 0 Å². The maximum atomic E-state index is 11.6. The minimum atomic E-state index is -0.122. The number of ether oxygens (including phenoxy) is 1. The zero-order valence-corrected chi connectivity index (χ0v) is 10.1. The number of pyridine rings is 1. The van der Waals surface area contributed by atoms with Gasteiger partial charge in [-0.25, -0.2) is 0 Å². The summed E-state index contributed by atoms with van der Waals surface area (Å²) in [6, 6.07) is 8.81. The number of rotatable bonds is 3. The first-order valence-corrected chi connectivity index (χ1v) is 5.60. The predicted octanol–water partition coefficient (Wildman–Crippen LogP) is 2.92. The first-order valence-electron chi connectivity index (χ1n) is 5.22. The first-order chi connectivity index (χ1) is 8.16. The van der Waals surface area contributed by atoms with Crippen molar-refractivity contribution >= 4 is 11.6 Å². The number of halogens is 1. The van der Waals surface area contributed by atoms with Crippen molar-refractivity contribution in [3.05, 3.63) is 63.0 Å². The third-order valence-electron chi connectivity index (χ3n) is 2.37. The smallest absolute Gasteiger partial charge is 0.223 e. The number of aromatic amines is 1. The summed E-state index contributed by atoms with van der Waals surface area (Å²) in [7, 11) is 0. The Balaban J connectivity index is 2.15. The minimum absolute atomic E-state index is 0.122. The highest BCUT2D eigenvalue weighted by molar-refractivity contribution is 6.30. The van der Waals surface area contributed by atoms with Crippen LogP contribution in [0.5, 0.6) is 5.75 Å². The molecule has 17 heavy (non-hydrogen) atoms. The number of nitrogens with one attached hydrogen (secondary N) is 1. The second-order valence-corrected chi connectivity index (χ2v) is 4.15. The van der Waals surface area contributed by atoms with Crippen molar-refractivity contribution in [2.75, 3.05) is 0 Å². The molecule has 88 valence electrons. The predicted molar refractivity (Wildman–Crippen MR) is 67.6 cm³/mol. The second kappa shape index (κ2) is 5.06. The first kappa shape index (κ1) is 11.7. The van der Waals surface area contributed by atoms with Crippen LogP contribution in [0.15, 0.2) is 41.3 Å². The Morgan fingerprint density at radius 1 is 1.35 bits per heavy atom. The molecule has 0 aliphatic rings. The Bertz CT molecular complexity index is 578. The van der Waals surface area contributed by atoms with E-state index in [-0.39, 0.29) is 5.43 Å². The van der Waals surface area contributed by atoms with E-state index in [1.807, 2.05) is 18.2 Å². The Labute approximate surface area is 104 Å². The van der Waals surface area contributed by atoms with Crippen LogP contribution in [0.4, 0.5) is 0 Å². The average molecular weight is 250 g/mol. The zero-order chi connectivity index (χ0) is 12.3. The van der Waals surface area contributed by atoms with Crippen LogP contribution in [0.2, 0.25) is 5.02 Å². The average Bonchev–Trinajstić information content (AvgIpc) is 2.28. The highest BCUT2D eigenvalue weighted by atomic mass is 35.5. The van der Waals surface area contributed by atoms with E-state index in [9.17, 15) is 4.79 Å². The number of H-pyrrole nitrogens is 1. The van der Waals surface area contributed by atoms with Crippen LogP contribution in [0.1, 0.15) is 11.3 Å². The second-order valence-electron chi connectivity index (χ2n) is 3.71. The SMILES string of the molecule is Cc1[nH]ccc(=O)c1OCc1cccc(Cl)c1. The highest BCUT2D eigenvalue weighted by Crippen LogP contribution is 2.14. The molecular formula is C13H12ClNO2. The quantitative estimate of drug-likeness (QED) is 0.909. The normalized spacial score (nSPS) is 10.2. The fourth-order valence-corrected chi connectivity index (χ4v) is 1.74. The summed E-state index contributed by atoms with van der Waals surface area (Å²) in [5.41, 5.74) is 1.53. The molecule has 0 amide bonds. The molecule has 0 unspecified atom stereocenters. The van der Waals surface area contributed by atoms with Gasteiger partial charge in [0.05, 0.1) is 5.69 Å². The summed E-state index contributed by atoms with van der Waals surface area (Å²) in [4.78, 5) is 14.5. The molecule has 1 heterocycles. The van der Waals surface area contributed by atoms with Crippen molar-refractivity contribution in [2.45, 2.75) is 13.5 Å². The molecule has 0 aliphatic heterocycles. The van der Waals surface area contributed by atoms with E-state index in [2.05, 4.69) is 4.98 Å². The molecule has 0 spiro atoms. The van der Waals surface area contributed by atoms with Crippen LogP contribution in [-0.4, -0.2) is 4.98 Å². The molecule has 4 heteroatoms. The number of benzene rings is 1. The van der Waals surface area contributed by atoms with E-state index in [1.54, 1.807) is 19.2 Å². The van der Waals surface area contributed by atoms with Gasteiger partial charge in [-0.05, 0) is 24.6 Å². The van der Waals surface area contributed by atoms with Crippen molar-refractivity contribution in [3.63, 3.8) is 0 Å². The summed E-state index contributed by atoms with van der Waals surface area (Å²) in [5.74, 6) is 0.354. The van der Waals surface area contributed by atoms with Crippen LogP contribution >= 0.6 is 11.6 Å². The Morgan fingerprint density at radius 2 is 2.18 bits per heavy atom. The van der Waals surface area contributed by atoms with Crippen molar-refractivity contribution < 1.29 is 4.74 Å². The Kier molecular flexibility index (Phi) is 3.49. The third kappa shape index (κ3) is 2.88.